The third-order valence-electron chi connectivity index (χ3n) is 2.04. The summed E-state index contributed by atoms with van der Waals surface area (Å²) in [5, 5.41) is 0. The van der Waals surface area contributed by atoms with E-state index in [4.69, 9.17) is 4.42 Å². The highest BCUT2D eigenvalue weighted by Crippen LogP contribution is 2.10. The van der Waals surface area contributed by atoms with Crippen molar-refractivity contribution in [3.8, 4) is 0 Å². The van der Waals surface area contributed by atoms with Gasteiger partial charge in [-0.05, 0) is 25.9 Å². The molecule has 1 fully saturated rings. The van der Waals surface area contributed by atoms with Gasteiger partial charge in [0.1, 0.15) is 6.26 Å². The van der Waals surface area contributed by atoms with E-state index in [1.807, 2.05) is 0 Å². The fourth-order valence-electron chi connectivity index (χ4n) is 1.46. The Balaban J connectivity index is 1.90. The Kier molecular flexibility index (Phi) is 1.90. The van der Waals surface area contributed by atoms with Crippen LogP contribution in [0.4, 0.5) is 0 Å². The van der Waals surface area contributed by atoms with Gasteiger partial charge >= 0.3 is 0 Å². The van der Waals surface area contributed by atoms with Gasteiger partial charge in [0.25, 0.3) is 0 Å². The molecule has 0 aromatic carbocycles. The summed E-state index contributed by atoms with van der Waals surface area (Å²) in [6.07, 6.45) is 5.97. The Morgan fingerprint density at radius 3 is 2.91 bits per heavy atom. The maximum Gasteiger partial charge on any atom is 0.208 e. The minimum atomic E-state index is 0.840. The topological polar surface area (TPSA) is 29.3 Å². The zero-order chi connectivity index (χ0) is 7.52. The fourth-order valence-corrected chi connectivity index (χ4v) is 1.46. The summed E-state index contributed by atoms with van der Waals surface area (Å²) < 4.78 is 5.14. The molecule has 0 bridgehead atoms. The van der Waals surface area contributed by atoms with Crippen molar-refractivity contribution in [3.63, 3.8) is 0 Å². The summed E-state index contributed by atoms with van der Waals surface area (Å²) in [6.45, 7) is 3.28. The molecule has 3 heteroatoms. The zero-order valence-electron chi connectivity index (χ0n) is 6.49. The molecule has 0 unspecified atom stereocenters. The van der Waals surface area contributed by atoms with Gasteiger partial charge in [-0.2, -0.15) is 0 Å². The van der Waals surface area contributed by atoms with E-state index in [9.17, 15) is 0 Å². The van der Waals surface area contributed by atoms with Crippen molar-refractivity contribution >= 4 is 0 Å². The first-order valence-corrected chi connectivity index (χ1v) is 4.06. The Morgan fingerprint density at radius 1 is 1.45 bits per heavy atom. The highest BCUT2D eigenvalue weighted by Gasteiger charge is 2.12. The van der Waals surface area contributed by atoms with Gasteiger partial charge < -0.3 is 4.42 Å². The molecule has 0 saturated carbocycles. The van der Waals surface area contributed by atoms with E-state index in [-0.39, 0.29) is 0 Å². The quantitative estimate of drug-likeness (QED) is 0.639. The lowest BCUT2D eigenvalue weighted by molar-refractivity contribution is 0.291. The second-order valence-electron chi connectivity index (χ2n) is 2.91. The van der Waals surface area contributed by atoms with Crippen molar-refractivity contribution in [2.45, 2.75) is 19.4 Å². The molecule has 3 nitrogen and oxygen atoms in total. The summed E-state index contributed by atoms with van der Waals surface area (Å²) in [4.78, 5) is 6.44. The summed E-state index contributed by atoms with van der Waals surface area (Å²) in [6, 6.07) is 0. The minimum absolute atomic E-state index is 0.840. The van der Waals surface area contributed by atoms with Crippen LogP contribution in [-0.4, -0.2) is 23.0 Å². The van der Waals surface area contributed by atoms with Gasteiger partial charge in [-0.1, -0.05) is 0 Å². The highest BCUT2D eigenvalue weighted by atomic mass is 16.3. The SMILES string of the molecule is c1coc(CN2CCCC2)n1. The van der Waals surface area contributed by atoms with Crippen LogP contribution < -0.4 is 0 Å². The fraction of sp³-hybridized carbons (Fsp3) is 0.625. The normalized spacial score (nSPS) is 19.3. The summed E-state index contributed by atoms with van der Waals surface area (Å²) in [5.74, 6) is 0.840. The van der Waals surface area contributed by atoms with Crippen LogP contribution in [0.2, 0.25) is 0 Å². The number of nitrogens with zero attached hydrogens (tertiary/aromatic N) is 2. The summed E-state index contributed by atoms with van der Waals surface area (Å²) >= 11 is 0. The Hall–Kier alpha value is -0.830. The smallest absolute Gasteiger partial charge is 0.208 e. The molecular formula is C8H12N2O. The third-order valence-corrected chi connectivity index (χ3v) is 2.04. The minimum Gasteiger partial charge on any atom is -0.448 e. The molecule has 0 N–H and O–H groups in total. The highest BCUT2D eigenvalue weighted by molar-refractivity contribution is 4.81. The first-order chi connectivity index (χ1) is 5.45. The van der Waals surface area contributed by atoms with Crippen LogP contribution in [0.5, 0.6) is 0 Å². The first kappa shape index (κ1) is 6.85. The molecule has 1 aliphatic heterocycles. The van der Waals surface area contributed by atoms with Crippen LogP contribution >= 0.6 is 0 Å². The zero-order valence-corrected chi connectivity index (χ0v) is 6.49. The average molecular weight is 152 g/mol. The van der Waals surface area contributed by atoms with Crippen molar-refractivity contribution in [2.75, 3.05) is 13.1 Å². The van der Waals surface area contributed by atoms with Gasteiger partial charge in [0.15, 0.2) is 0 Å². The molecule has 0 amide bonds. The first-order valence-electron chi connectivity index (χ1n) is 4.06. The molecule has 0 radical (unpaired) electrons. The van der Waals surface area contributed by atoms with Gasteiger partial charge in [0.2, 0.25) is 5.89 Å². The predicted molar refractivity (Wildman–Crippen MR) is 41.0 cm³/mol. The van der Waals surface area contributed by atoms with Gasteiger partial charge in [0, 0.05) is 0 Å². The number of oxazole rings is 1. The molecule has 1 aromatic heterocycles. The van der Waals surface area contributed by atoms with E-state index < -0.39 is 0 Å². The lowest BCUT2D eigenvalue weighted by Crippen LogP contribution is -2.18. The molecule has 11 heavy (non-hydrogen) atoms. The lowest BCUT2D eigenvalue weighted by atomic mass is 10.4. The molecule has 0 aliphatic carbocycles. The maximum absolute atomic E-state index is 5.14. The van der Waals surface area contributed by atoms with Gasteiger partial charge in [-0.3, -0.25) is 4.90 Å². The van der Waals surface area contributed by atoms with Crippen LogP contribution in [0.3, 0.4) is 0 Å². The van der Waals surface area contributed by atoms with Crippen molar-refractivity contribution in [1.82, 2.24) is 9.88 Å². The number of hydrogen-bond donors (Lipinski definition) is 0. The van der Waals surface area contributed by atoms with Crippen molar-refractivity contribution in [1.29, 1.82) is 0 Å². The molecule has 0 atom stereocenters. The van der Waals surface area contributed by atoms with E-state index in [1.54, 1.807) is 12.5 Å². The molecule has 60 valence electrons. The van der Waals surface area contributed by atoms with Crippen molar-refractivity contribution < 1.29 is 4.42 Å². The standard InChI is InChI=1S/C8H12N2O/c1-2-5-10(4-1)7-8-9-3-6-11-8/h3,6H,1-2,4-5,7H2. The van der Waals surface area contributed by atoms with Gasteiger partial charge in [0.05, 0.1) is 12.7 Å². The largest absolute Gasteiger partial charge is 0.448 e. The second-order valence-corrected chi connectivity index (χ2v) is 2.91. The Bertz CT molecular complexity index is 202. The Morgan fingerprint density at radius 2 is 2.27 bits per heavy atom. The number of aromatic nitrogens is 1. The average Bonchev–Trinajstić information content (AvgIpc) is 2.60. The molecule has 1 aliphatic rings. The lowest BCUT2D eigenvalue weighted by Gasteiger charge is -2.10. The predicted octanol–water partition coefficient (Wildman–Crippen LogP) is 1.27. The number of rotatable bonds is 2. The number of hydrogen-bond acceptors (Lipinski definition) is 3. The molecular weight excluding hydrogens is 140 g/mol. The number of likely N-dealkylation sites (tertiary alicyclic amines) is 1. The molecule has 2 rings (SSSR count). The van der Waals surface area contributed by atoms with E-state index >= 15 is 0 Å². The van der Waals surface area contributed by atoms with Crippen LogP contribution in [0, 0.1) is 0 Å². The van der Waals surface area contributed by atoms with E-state index in [2.05, 4.69) is 9.88 Å². The monoisotopic (exact) mass is 152 g/mol. The van der Waals surface area contributed by atoms with Crippen molar-refractivity contribution in [2.24, 2.45) is 0 Å². The van der Waals surface area contributed by atoms with E-state index in [1.165, 1.54) is 25.9 Å². The van der Waals surface area contributed by atoms with Gasteiger partial charge in [-0.15, -0.1) is 0 Å². The van der Waals surface area contributed by atoms with Crippen LogP contribution in [0.25, 0.3) is 0 Å². The van der Waals surface area contributed by atoms with Crippen molar-refractivity contribution in [3.05, 3.63) is 18.4 Å². The molecule has 1 saturated heterocycles. The summed E-state index contributed by atoms with van der Waals surface area (Å²) in [5.41, 5.74) is 0. The van der Waals surface area contributed by atoms with E-state index in [0.717, 1.165) is 12.4 Å². The molecule has 1 aromatic rings. The Labute approximate surface area is 66.0 Å². The van der Waals surface area contributed by atoms with E-state index in [0.29, 0.717) is 0 Å². The van der Waals surface area contributed by atoms with Gasteiger partial charge in [-0.25, -0.2) is 4.98 Å². The second kappa shape index (κ2) is 3.05. The van der Waals surface area contributed by atoms with Crippen LogP contribution in [-0.2, 0) is 6.54 Å². The molecule has 2 heterocycles. The third kappa shape index (κ3) is 1.60. The summed E-state index contributed by atoms with van der Waals surface area (Å²) in [7, 11) is 0. The maximum atomic E-state index is 5.14. The van der Waals surface area contributed by atoms with Crippen LogP contribution in [0.1, 0.15) is 18.7 Å². The molecule has 0 spiro atoms. The van der Waals surface area contributed by atoms with Crippen LogP contribution in [0.15, 0.2) is 16.9 Å².